The Morgan fingerprint density at radius 2 is 2.35 bits per heavy atom. The van der Waals surface area contributed by atoms with E-state index in [1.54, 1.807) is 11.8 Å². The van der Waals surface area contributed by atoms with Gasteiger partial charge in [-0.1, -0.05) is 0 Å². The first kappa shape index (κ1) is 15.3. The normalized spacial score (nSPS) is 11.2. The number of aliphatic hydroxyl groups is 1. The van der Waals surface area contributed by atoms with Gasteiger partial charge < -0.3 is 10.4 Å². The molecule has 2 rings (SSSR count). The standard InChI is InChI=1S/C13H19N3O2S2/c1-9-10-8-11(20-13(10)16(2)15-9)12(18)14-4-7-19-6-3-5-17/h8,17H,3-7H2,1-2H3,(H,14,18). The van der Waals surface area contributed by atoms with Crippen LogP contribution < -0.4 is 5.32 Å². The number of carbonyl (C=O) groups is 1. The molecule has 0 aliphatic rings. The van der Waals surface area contributed by atoms with E-state index in [0.29, 0.717) is 6.54 Å². The van der Waals surface area contributed by atoms with E-state index in [9.17, 15) is 4.79 Å². The summed E-state index contributed by atoms with van der Waals surface area (Å²) < 4.78 is 1.82. The van der Waals surface area contributed by atoms with E-state index in [2.05, 4.69) is 10.4 Å². The molecule has 2 N–H and O–H groups in total. The van der Waals surface area contributed by atoms with Crippen LogP contribution in [0.15, 0.2) is 6.07 Å². The molecule has 2 aromatic rings. The van der Waals surface area contributed by atoms with Crippen molar-refractivity contribution < 1.29 is 9.90 Å². The molecule has 0 aliphatic heterocycles. The van der Waals surface area contributed by atoms with E-state index in [1.165, 1.54) is 11.3 Å². The van der Waals surface area contributed by atoms with Crippen molar-refractivity contribution in [3.05, 3.63) is 16.6 Å². The number of amides is 1. The lowest BCUT2D eigenvalue weighted by atomic mass is 10.3. The number of carbonyl (C=O) groups excluding carboxylic acids is 1. The first-order chi connectivity index (χ1) is 9.63. The summed E-state index contributed by atoms with van der Waals surface area (Å²) in [6.07, 6.45) is 0.807. The summed E-state index contributed by atoms with van der Waals surface area (Å²) in [6.45, 7) is 2.84. The number of aryl methyl sites for hydroxylation is 2. The van der Waals surface area contributed by atoms with E-state index in [1.807, 2.05) is 24.7 Å². The van der Waals surface area contributed by atoms with Gasteiger partial charge in [-0.3, -0.25) is 9.48 Å². The first-order valence-corrected chi connectivity index (χ1v) is 8.50. The van der Waals surface area contributed by atoms with Gasteiger partial charge in [-0.2, -0.15) is 16.9 Å². The second-order valence-corrected chi connectivity index (χ2v) is 6.74. The number of nitrogens with zero attached hydrogens (tertiary/aromatic N) is 2. The van der Waals surface area contributed by atoms with Crippen molar-refractivity contribution in [2.75, 3.05) is 24.7 Å². The molecule has 7 heteroatoms. The smallest absolute Gasteiger partial charge is 0.261 e. The average Bonchev–Trinajstić information content (AvgIpc) is 2.96. The van der Waals surface area contributed by atoms with Crippen molar-refractivity contribution in [1.82, 2.24) is 15.1 Å². The molecule has 5 nitrogen and oxygen atoms in total. The minimum Gasteiger partial charge on any atom is -0.396 e. The number of aliphatic hydroxyl groups excluding tert-OH is 1. The average molecular weight is 313 g/mol. The summed E-state index contributed by atoms with van der Waals surface area (Å²) in [5.74, 6) is 1.78. The summed E-state index contributed by atoms with van der Waals surface area (Å²) in [7, 11) is 1.89. The zero-order valence-corrected chi connectivity index (χ0v) is 13.3. The Bertz CT molecular complexity index is 557. The van der Waals surface area contributed by atoms with Gasteiger partial charge in [0.1, 0.15) is 4.83 Å². The molecule has 0 radical (unpaired) electrons. The second kappa shape index (κ2) is 7.10. The van der Waals surface area contributed by atoms with Gasteiger partial charge in [-0.25, -0.2) is 0 Å². The summed E-state index contributed by atoms with van der Waals surface area (Å²) >= 11 is 3.21. The highest BCUT2D eigenvalue weighted by atomic mass is 32.2. The minimum absolute atomic E-state index is 0.0200. The Kier molecular flexibility index (Phi) is 5.45. The van der Waals surface area contributed by atoms with Crippen molar-refractivity contribution in [1.29, 1.82) is 0 Å². The van der Waals surface area contributed by atoms with Crippen molar-refractivity contribution in [2.45, 2.75) is 13.3 Å². The monoisotopic (exact) mass is 313 g/mol. The van der Waals surface area contributed by atoms with Gasteiger partial charge in [0, 0.05) is 31.3 Å². The highest BCUT2D eigenvalue weighted by Gasteiger charge is 2.14. The van der Waals surface area contributed by atoms with Crippen molar-refractivity contribution in [3.8, 4) is 0 Å². The minimum atomic E-state index is -0.0200. The molecule has 0 saturated carbocycles. The number of thiophene rings is 1. The maximum absolute atomic E-state index is 12.0. The number of nitrogens with one attached hydrogen (secondary N) is 1. The quantitative estimate of drug-likeness (QED) is 0.765. The lowest BCUT2D eigenvalue weighted by Crippen LogP contribution is -2.25. The van der Waals surface area contributed by atoms with Crippen molar-refractivity contribution >= 4 is 39.2 Å². The predicted molar refractivity (Wildman–Crippen MR) is 84.7 cm³/mol. The van der Waals surface area contributed by atoms with E-state index < -0.39 is 0 Å². The SMILES string of the molecule is Cc1nn(C)c2sc(C(=O)NCCSCCCO)cc12. The van der Waals surface area contributed by atoms with E-state index in [-0.39, 0.29) is 12.5 Å². The third-order valence-electron chi connectivity index (χ3n) is 2.90. The Labute approximate surface area is 126 Å². The van der Waals surface area contributed by atoms with Crippen LogP contribution in [0.5, 0.6) is 0 Å². The van der Waals surface area contributed by atoms with Gasteiger partial charge in [-0.15, -0.1) is 11.3 Å². The number of rotatable bonds is 7. The van der Waals surface area contributed by atoms with Gasteiger partial charge in [0.05, 0.1) is 10.6 Å². The molecule has 0 aliphatic carbocycles. The van der Waals surface area contributed by atoms with Crippen LogP contribution in [-0.2, 0) is 7.05 Å². The topological polar surface area (TPSA) is 67.2 Å². The van der Waals surface area contributed by atoms with Crippen LogP contribution in [-0.4, -0.2) is 45.5 Å². The Balaban J connectivity index is 1.86. The lowest BCUT2D eigenvalue weighted by molar-refractivity contribution is 0.0960. The zero-order valence-electron chi connectivity index (χ0n) is 11.7. The van der Waals surface area contributed by atoms with Crippen LogP contribution >= 0.6 is 23.1 Å². The number of thioether (sulfide) groups is 1. The van der Waals surface area contributed by atoms with E-state index in [0.717, 1.165) is 38.7 Å². The van der Waals surface area contributed by atoms with Crippen LogP contribution in [0.2, 0.25) is 0 Å². The summed E-state index contributed by atoms with van der Waals surface area (Å²) in [6, 6.07) is 1.91. The van der Waals surface area contributed by atoms with E-state index in [4.69, 9.17) is 5.11 Å². The number of aromatic nitrogens is 2. The number of hydrogen-bond donors (Lipinski definition) is 2. The molecule has 0 spiro atoms. The third-order valence-corrected chi connectivity index (χ3v) is 5.17. The Morgan fingerprint density at radius 1 is 1.55 bits per heavy atom. The van der Waals surface area contributed by atoms with Gasteiger partial charge in [0.25, 0.3) is 5.91 Å². The number of fused-ring (bicyclic) bond motifs is 1. The molecule has 2 heterocycles. The molecule has 20 heavy (non-hydrogen) atoms. The van der Waals surface area contributed by atoms with Gasteiger partial charge in [0.2, 0.25) is 0 Å². The predicted octanol–water partition coefficient (Wildman–Crippen LogP) is 1.79. The van der Waals surface area contributed by atoms with Crippen molar-refractivity contribution in [2.24, 2.45) is 7.05 Å². The van der Waals surface area contributed by atoms with Gasteiger partial charge in [0.15, 0.2) is 0 Å². The van der Waals surface area contributed by atoms with Gasteiger partial charge in [-0.05, 0) is 25.2 Å². The molecule has 0 aromatic carbocycles. The van der Waals surface area contributed by atoms with Crippen LogP contribution in [0, 0.1) is 6.92 Å². The Morgan fingerprint density at radius 3 is 3.05 bits per heavy atom. The van der Waals surface area contributed by atoms with Crippen LogP contribution in [0.4, 0.5) is 0 Å². The Hall–Kier alpha value is -1.05. The fourth-order valence-corrected chi connectivity index (χ4v) is 3.73. The second-order valence-electron chi connectivity index (χ2n) is 4.48. The third kappa shape index (κ3) is 3.53. The van der Waals surface area contributed by atoms with Crippen LogP contribution in [0.3, 0.4) is 0 Å². The fourth-order valence-electron chi connectivity index (χ4n) is 1.91. The van der Waals surface area contributed by atoms with Gasteiger partial charge >= 0.3 is 0 Å². The largest absolute Gasteiger partial charge is 0.396 e. The molecule has 0 saturated heterocycles. The lowest BCUT2D eigenvalue weighted by Gasteiger charge is -2.03. The highest BCUT2D eigenvalue weighted by Crippen LogP contribution is 2.27. The first-order valence-electron chi connectivity index (χ1n) is 6.53. The molecular weight excluding hydrogens is 294 g/mol. The summed E-state index contributed by atoms with van der Waals surface area (Å²) in [5.41, 5.74) is 0.956. The van der Waals surface area contributed by atoms with E-state index >= 15 is 0 Å². The summed E-state index contributed by atoms with van der Waals surface area (Å²) in [5, 5.41) is 17.0. The highest BCUT2D eigenvalue weighted by molar-refractivity contribution is 7.99. The molecule has 0 bridgehead atoms. The van der Waals surface area contributed by atoms with Crippen LogP contribution in [0.1, 0.15) is 21.8 Å². The summed E-state index contributed by atoms with van der Waals surface area (Å²) in [4.78, 5) is 13.8. The maximum Gasteiger partial charge on any atom is 0.261 e. The molecule has 2 aromatic heterocycles. The van der Waals surface area contributed by atoms with Crippen LogP contribution in [0.25, 0.3) is 10.2 Å². The molecule has 110 valence electrons. The van der Waals surface area contributed by atoms with Crippen molar-refractivity contribution in [3.63, 3.8) is 0 Å². The zero-order chi connectivity index (χ0) is 14.5. The molecule has 1 amide bonds. The molecular formula is C13H19N3O2S2. The number of hydrogen-bond acceptors (Lipinski definition) is 5. The molecule has 0 atom stereocenters. The maximum atomic E-state index is 12.0. The molecule has 0 unspecified atom stereocenters. The molecule has 0 fully saturated rings. The fraction of sp³-hybridized carbons (Fsp3) is 0.538.